The summed E-state index contributed by atoms with van der Waals surface area (Å²) in [6.45, 7) is 2.43. The number of rotatable bonds is 5. The fraction of sp³-hybridized carbons (Fsp3) is 0.211. The van der Waals surface area contributed by atoms with Crippen LogP contribution in [0, 0.1) is 0 Å². The van der Waals surface area contributed by atoms with Crippen molar-refractivity contribution < 1.29 is 13.9 Å². The number of fused-ring (bicyclic) bond motifs is 1. The molecular weight excluding hydrogens is 292 g/mol. The van der Waals surface area contributed by atoms with Gasteiger partial charge in [0.15, 0.2) is 0 Å². The zero-order valence-electron chi connectivity index (χ0n) is 13.2. The lowest BCUT2D eigenvalue weighted by Gasteiger charge is -2.08. The zero-order valence-corrected chi connectivity index (χ0v) is 13.2. The third-order valence-corrected chi connectivity index (χ3v) is 3.74. The molecule has 118 valence electrons. The Balaban J connectivity index is 1.81. The van der Waals surface area contributed by atoms with E-state index in [0.717, 1.165) is 34.4 Å². The maximum atomic E-state index is 11.6. The highest BCUT2D eigenvalue weighted by Gasteiger charge is 2.06. The Hall–Kier alpha value is -2.75. The molecule has 0 fully saturated rings. The second kappa shape index (κ2) is 6.57. The van der Waals surface area contributed by atoms with Crippen molar-refractivity contribution in [3.63, 3.8) is 0 Å². The first-order valence-electron chi connectivity index (χ1n) is 7.52. The Morgan fingerprint density at radius 3 is 2.43 bits per heavy atom. The molecule has 0 aliphatic rings. The largest absolute Gasteiger partial charge is 0.497 e. The van der Waals surface area contributed by atoms with Crippen LogP contribution < -0.4 is 15.1 Å². The van der Waals surface area contributed by atoms with Gasteiger partial charge in [-0.2, -0.15) is 0 Å². The van der Waals surface area contributed by atoms with Crippen LogP contribution in [-0.4, -0.2) is 7.11 Å². The quantitative estimate of drug-likeness (QED) is 0.670. The standard InChI is InChI=1S/C19H18O4/c1-3-14-11-19(20)23-18-10-13(4-9-17(14)18)12-22-16-7-5-15(21-2)6-8-16/h4-11H,3,12H2,1-2H3. The van der Waals surface area contributed by atoms with E-state index in [2.05, 4.69) is 0 Å². The Labute approximate surface area is 134 Å². The number of hydrogen-bond acceptors (Lipinski definition) is 4. The van der Waals surface area contributed by atoms with Gasteiger partial charge in [0.05, 0.1) is 7.11 Å². The number of benzene rings is 2. The summed E-state index contributed by atoms with van der Waals surface area (Å²) in [7, 11) is 1.63. The van der Waals surface area contributed by atoms with Crippen molar-refractivity contribution in [3.8, 4) is 11.5 Å². The lowest BCUT2D eigenvalue weighted by Crippen LogP contribution is -2.01. The molecule has 3 aromatic rings. The van der Waals surface area contributed by atoms with E-state index in [-0.39, 0.29) is 5.63 Å². The van der Waals surface area contributed by atoms with Crippen LogP contribution >= 0.6 is 0 Å². The normalized spacial score (nSPS) is 10.7. The van der Waals surface area contributed by atoms with Crippen LogP contribution in [0.3, 0.4) is 0 Å². The van der Waals surface area contributed by atoms with Gasteiger partial charge in [-0.1, -0.05) is 19.1 Å². The summed E-state index contributed by atoms with van der Waals surface area (Å²) in [4.78, 5) is 11.6. The second-order valence-corrected chi connectivity index (χ2v) is 5.24. The van der Waals surface area contributed by atoms with Crippen molar-refractivity contribution in [2.45, 2.75) is 20.0 Å². The van der Waals surface area contributed by atoms with Gasteiger partial charge in [0, 0.05) is 11.5 Å². The number of hydrogen-bond donors (Lipinski definition) is 0. The van der Waals surface area contributed by atoms with Gasteiger partial charge in [0.25, 0.3) is 0 Å². The van der Waals surface area contributed by atoms with Gasteiger partial charge in [-0.15, -0.1) is 0 Å². The molecule has 0 bridgehead atoms. The summed E-state index contributed by atoms with van der Waals surface area (Å²) in [5.74, 6) is 1.55. The van der Waals surface area contributed by atoms with E-state index in [4.69, 9.17) is 13.9 Å². The zero-order chi connectivity index (χ0) is 16.2. The van der Waals surface area contributed by atoms with Crippen molar-refractivity contribution in [1.82, 2.24) is 0 Å². The molecule has 0 unspecified atom stereocenters. The van der Waals surface area contributed by atoms with Crippen molar-refractivity contribution in [1.29, 1.82) is 0 Å². The van der Waals surface area contributed by atoms with Crippen molar-refractivity contribution in [2.75, 3.05) is 7.11 Å². The summed E-state index contributed by atoms with van der Waals surface area (Å²) in [5.41, 5.74) is 2.23. The van der Waals surface area contributed by atoms with Crippen molar-refractivity contribution >= 4 is 11.0 Å². The maximum Gasteiger partial charge on any atom is 0.336 e. The van der Waals surface area contributed by atoms with Gasteiger partial charge in [-0.05, 0) is 47.9 Å². The molecule has 3 rings (SSSR count). The molecule has 0 radical (unpaired) electrons. The maximum absolute atomic E-state index is 11.6. The highest BCUT2D eigenvalue weighted by Crippen LogP contribution is 2.21. The third kappa shape index (κ3) is 3.37. The summed E-state index contributed by atoms with van der Waals surface area (Å²) < 4.78 is 16.2. The first-order valence-corrected chi connectivity index (χ1v) is 7.52. The minimum absolute atomic E-state index is 0.317. The Kier molecular flexibility index (Phi) is 4.33. The molecule has 0 spiro atoms. The first-order chi connectivity index (χ1) is 11.2. The molecule has 1 heterocycles. The van der Waals surface area contributed by atoms with Crippen LogP contribution in [0.4, 0.5) is 0 Å². The van der Waals surface area contributed by atoms with Crippen LogP contribution in [-0.2, 0) is 13.0 Å². The molecule has 0 aliphatic heterocycles. The molecule has 1 aromatic heterocycles. The van der Waals surface area contributed by atoms with Crippen molar-refractivity contribution in [3.05, 3.63) is 70.1 Å². The minimum Gasteiger partial charge on any atom is -0.497 e. The van der Waals surface area contributed by atoms with Gasteiger partial charge in [0.2, 0.25) is 0 Å². The van der Waals surface area contributed by atoms with E-state index in [1.54, 1.807) is 13.2 Å². The highest BCUT2D eigenvalue weighted by molar-refractivity contribution is 5.80. The second-order valence-electron chi connectivity index (χ2n) is 5.24. The van der Waals surface area contributed by atoms with Gasteiger partial charge >= 0.3 is 5.63 Å². The lowest BCUT2D eigenvalue weighted by molar-refractivity contribution is 0.305. The van der Waals surface area contributed by atoms with Gasteiger partial charge in [0.1, 0.15) is 23.7 Å². The molecule has 2 aromatic carbocycles. The average Bonchev–Trinajstić information content (AvgIpc) is 2.59. The molecule has 0 saturated heterocycles. The van der Waals surface area contributed by atoms with Crippen LogP contribution in [0.15, 0.2) is 57.7 Å². The summed E-state index contributed by atoms with van der Waals surface area (Å²) in [5, 5.41) is 0.972. The molecule has 0 aliphatic carbocycles. The SMILES string of the molecule is CCc1cc(=O)oc2cc(COc3ccc(OC)cc3)ccc12. The molecule has 4 nitrogen and oxygen atoms in total. The monoisotopic (exact) mass is 310 g/mol. The van der Waals surface area contributed by atoms with Crippen LogP contribution in [0.5, 0.6) is 11.5 Å². The fourth-order valence-electron chi connectivity index (χ4n) is 2.50. The van der Waals surface area contributed by atoms with E-state index < -0.39 is 0 Å². The number of aryl methyl sites for hydroxylation is 1. The van der Waals surface area contributed by atoms with E-state index in [9.17, 15) is 4.79 Å². The summed E-state index contributed by atoms with van der Waals surface area (Å²) in [6.07, 6.45) is 0.795. The minimum atomic E-state index is -0.317. The molecule has 23 heavy (non-hydrogen) atoms. The third-order valence-electron chi connectivity index (χ3n) is 3.74. The predicted octanol–water partition coefficient (Wildman–Crippen LogP) is 3.94. The lowest BCUT2D eigenvalue weighted by atomic mass is 10.1. The topological polar surface area (TPSA) is 48.7 Å². The smallest absolute Gasteiger partial charge is 0.336 e. The highest BCUT2D eigenvalue weighted by atomic mass is 16.5. The summed E-state index contributed by atoms with van der Waals surface area (Å²) in [6, 6.07) is 14.8. The fourth-order valence-corrected chi connectivity index (χ4v) is 2.50. The Morgan fingerprint density at radius 1 is 1.00 bits per heavy atom. The molecule has 0 N–H and O–H groups in total. The van der Waals surface area contributed by atoms with Crippen LogP contribution in [0.2, 0.25) is 0 Å². The molecular formula is C19H18O4. The predicted molar refractivity (Wildman–Crippen MR) is 89.2 cm³/mol. The van der Waals surface area contributed by atoms with E-state index in [1.807, 2.05) is 49.4 Å². The number of ether oxygens (including phenoxy) is 2. The average molecular weight is 310 g/mol. The van der Waals surface area contributed by atoms with Gasteiger partial charge < -0.3 is 13.9 Å². The summed E-state index contributed by atoms with van der Waals surface area (Å²) >= 11 is 0. The first kappa shape index (κ1) is 15.2. The number of methoxy groups -OCH3 is 1. The van der Waals surface area contributed by atoms with E-state index in [0.29, 0.717) is 12.2 Å². The molecule has 0 amide bonds. The van der Waals surface area contributed by atoms with Gasteiger partial charge in [-0.3, -0.25) is 0 Å². The van der Waals surface area contributed by atoms with E-state index in [1.165, 1.54) is 0 Å². The van der Waals surface area contributed by atoms with Crippen molar-refractivity contribution in [2.24, 2.45) is 0 Å². The van der Waals surface area contributed by atoms with Crippen LogP contribution in [0.1, 0.15) is 18.1 Å². The van der Waals surface area contributed by atoms with Crippen LogP contribution in [0.25, 0.3) is 11.0 Å². The molecule has 4 heteroatoms. The Morgan fingerprint density at radius 2 is 1.74 bits per heavy atom. The molecule has 0 atom stereocenters. The van der Waals surface area contributed by atoms with E-state index >= 15 is 0 Å². The van der Waals surface area contributed by atoms with Gasteiger partial charge in [-0.25, -0.2) is 4.79 Å². The Bertz CT molecular complexity index is 863. The molecule has 0 saturated carbocycles.